The average Bonchev–Trinajstić information content (AvgIpc) is 3.12. The smallest absolute Gasteiger partial charge is 0.226 e. The highest BCUT2D eigenvalue weighted by Gasteiger charge is 2.11. The Balaban J connectivity index is 1.74. The molecule has 0 aliphatic heterocycles. The van der Waals surface area contributed by atoms with E-state index in [4.69, 9.17) is 9.72 Å². The van der Waals surface area contributed by atoms with Crippen molar-refractivity contribution in [3.05, 3.63) is 59.4 Å². The van der Waals surface area contributed by atoms with E-state index in [0.29, 0.717) is 12.5 Å². The summed E-state index contributed by atoms with van der Waals surface area (Å²) in [6, 6.07) is 12.2. The van der Waals surface area contributed by atoms with Crippen LogP contribution in [0.15, 0.2) is 42.7 Å². The van der Waals surface area contributed by atoms with Crippen LogP contribution in [0.3, 0.4) is 0 Å². The highest BCUT2D eigenvalue weighted by atomic mass is 16.5. The van der Waals surface area contributed by atoms with Crippen LogP contribution >= 0.6 is 0 Å². The van der Waals surface area contributed by atoms with Gasteiger partial charge >= 0.3 is 0 Å². The summed E-state index contributed by atoms with van der Waals surface area (Å²) in [6.45, 7) is 4.90. The van der Waals surface area contributed by atoms with Crippen molar-refractivity contribution in [3.63, 3.8) is 0 Å². The van der Waals surface area contributed by atoms with Gasteiger partial charge in [0.2, 0.25) is 5.95 Å². The van der Waals surface area contributed by atoms with Gasteiger partial charge in [0, 0.05) is 18.0 Å². The highest BCUT2D eigenvalue weighted by Crippen LogP contribution is 2.24. The van der Waals surface area contributed by atoms with Gasteiger partial charge in [-0.25, -0.2) is 9.97 Å². The molecule has 2 heterocycles. The molecule has 0 fully saturated rings. The Morgan fingerprint density at radius 1 is 1.08 bits per heavy atom. The molecule has 25 heavy (non-hydrogen) atoms. The molecule has 4 rings (SSSR count). The molecule has 0 saturated heterocycles. The maximum atomic E-state index is 5.31. The van der Waals surface area contributed by atoms with Gasteiger partial charge in [0.1, 0.15) is 12.1 Å². The van der Waals surface area contributed by atoms with Crippen molar-refractivity contribution in [2.45, 2.75) is 20.4 Å². The van der Waals surface area contributed by atoms with E-state index < -0.39 is 0 Å². The Labute approximate surface area is 145 Å². The third kappa shape index (κ3) is 2.76. The lowest BCUT2D eigenvalue weighted by Crippen LogP contribution is -2.08. The molecule has 0 spiro atoms. The van der Waals surface area contributed by atoms with Crippen molar-refractivity contribution < 1.29 is 4.74 Å². The summed E-state index contributed by atoms with van der Waals surface area (Å²) in [5.74, 6) is 1.43. The van der Waals surface area contributed by atoms with E-state index >= 15 is 0 Å². The first kappa shape index (κ1) is 15.4. The van der Waals surface area contributed by atoms with E-state index in [1.165, 1.54) is 16.7 Å². The summed E-state index contributed by atoms with van der Waals surface area (Å²) in [6.07, 6.45) is 1.54. The van der Waals surface area contributed by atoms with Gasteiger partial charge in [-0.05, 0) is 42.7 Å². The molecule has 0 bridgehead atoms. The van der Waals surface area contributed by atoms with Gasteiger partial charge in [-0.2, -0.15) is 9.61 Å². The summed E-state index contributed by atoms with van der Waals surface area (Å²) in [4.78, 5) is 9.08. The van der Waals surface area contributed by atoms with Crippen LogP contribution < -0.4 is 10.1 Å². The standard InChI is InChI=1S/C19H19N5O/c1-12-4-5-14(8-13(12)2)10-20-19-23-17-9-15(25-3)6-7-16(17)18-21-11-22-24(18)19/h4-9,11H,10H2,1-3H3,(H,20,23). The third-order valence-corrected chi connectivity index (χ3v) is 4.44. The number of hydrogen-bond donors (Lipinski definition) is 1. The second-order valence-electron chi connectivity index (χ2n) is 6.09. The Morgan fingerprint density at radius 3 is 2.76 bits per heavy atom. The molecule has 0 amide bonds. The summed E-state index contributed by atoms with van der Waals surface area (Å²) < 4.78 is 7.04. The molecule has 0 saturated carbocycles. The number of nitrogens with zero attached hydrogens (tertiary/aromatic N) is 4. The highest BCUT2D eigenvalue weighted by molar-refractivity contribution is 5.93. The molecule has 0 aliphatic rings. The van der Waals surface area contributed by atoms with Crippen LogP contribution in [0.5, 0.6) is 5.75 Å². The van der Waals surface area contributed by atoms with Crippen molar-refractivity contribution in [1.29, 1.82) is 0 Å². The Kier molecular flexibility index (Phi) is 3.72. The van der Waals surface area contributed by atoms with Gasteiger partial charge in [0.25, 0.3) is 0 Å². The number of anilines is 1. The molecular weight excluding hydrogens is 314 g/mol. The van der Waals surface area contributed by atoms with E-state index in [1.807, 2.05) is 18.2 Å². The van der Waals surface area contributed by atoms with Crippen molar-refractivity contribution in [3.8, 4) is 5.75 Å². The van der Waals surface area contributed by atoms with Crippen LogP contribution in [0.1, 0.15) is 16.7 Å². The predicted molar refractivity (Wildman–Crippen MR) is 98.1 cm³/mol. The first-order chi connectivity index (χ1) is 12.2. The molecule has 0 aliphatic carbocycles. The SMILES string of the molecule is COc1ccc2c(c1)nc(NCc1ccc(C)c(C)c1)n1ncnc21. The number of hydrogen-bond acceptors (Lipinski definition) is 5. The topological polar surface area (TPSA) is 64.3 Å². The van der Waals surface area contributed by atoms with E-state index in [1.54, 1.807) is 18.0 Å². The lowest BCUT2D eigenvalue weighted by Gasteiger charge is -2.11. The fraction of sp³-hybridized carbons (Fsp3) is 0.211. The molecule has 126 valence electrons. The quantitative estimate of drug-likeness (QED) is 0.619. The van der Waals surface area contributed by atoms with Crippen molar-refractivity contribution in [2.24, 2.45) is 0 Å². The number of benzene rings is 2. The molecule has 0 unspecified atom stereocenters. The van der Waals surface area contributed by atoms with Gasteiger partial charge in [0.05, 0.1) is 12.6 Å². The minimum atomic E-state index is 0.659. The van der Waals surface area contributed by atoms with Crippen LogP contribution in [0, 0.1) is 13.8 Å². The van der Waals surface area contributed by atoms with E-state index in [2.05, 4.69) is 47.4 Å². The summed E-state index contributed by atoms with van der Waals surface area (Å²) in [5, 5.41) is 8.62. The van der Waals surface area contributed by atoms with Crippen LogP contribution in [0.25, 0.3) is 16.6 Å². The third-order valence-electron chi connectivity index (χ3n) is 4.44. The summed E-state index contributed by atoms with van der Waals surface area (Å²) in [5.41, 5.74) is 5.36. The average molecular weight is 333 g/mol. The molecule has 1 N–H and O–H groups in total. The molecule has 0 radical (unpaired) electrons. The minimum absolute atomic E-state index is 0.659. The van der Waals surface area contributed by atoms with E-state index in [9.17, 15) is 0 Å². The molecular formula is C19H19N5O. The normalized spacial score (nSPS) is 11.2. The molecule has 6 nitrogen and oxygen atoms in total. The molecule has 2 aromatic carbocycles. The largest absolute Gasteiger partial charge is 0.497 e. The number of methoxy groups -OCH3 is 1. The van der Waals surface area contributed by atoms with Crippen molar-refractivity contribution in [2.75, 3.05) is 12.4 Å². The van der Waals surface area contributed by atoms with Crippen molar-refractivity contribution in [1.82, 2.24) is 19.6 Å². The fourth-order valence-corrected chi connectivity index (χ4v) is 2.87. The van der Waals surface area contributed by atoms with Gasteiger partial charge in [0.15, 0.2) is 5.65 Å². The van der Waals surface area contributed by atoms with Gasteiger partial charge < -0.3 is 10.1 Å². The van der Waals surface area contributed by atoms with Crippen LogP contribution in [-0.4, -0.2) is 26.7 Å². The van der Waals surface area contributed by atoms with Crippen molar-refractivity contribution >= 4 is 22.5 Å². The zero-order valence-corrected chi connectivity index (χ0v) is 14.4. The van der Waals surface area contributed by atoms with Crippen LogP contribution in [0.4, 0.5) is 5.95 Å². The number of rotatable bonds is 4. The first-order valence-corrected chi connectivity index (χ1v) is 8.13. The zero-order chi connectivity index (χ0) is 17.4. The van der Waals surface area contributed by atoms with Gasteiger partial charge in [-0.15, -0.1) is 0 Å². The van der Waals surface area contributed by atoms with Gasteiger partial charge in [-0.3, -0.25) is 0 Å². The lowest BCUT2D eigenvalue weighted by molar-refractivity contribution is 0.415. The van der Waals surface area contributed by atoms with Crippen LogP contribution in [-0.2, 0) is 6.54 Å². The number of aryl methyl sites for hydroxylation is 2. The summed E-state index contributed by atoms with van der Waals surface area (Å²) >= 11 is 0. The summed E-state index contributed by atoms with van der Waals surface area (Å²) in [7, 11) is 1.65. The number of nitrogens with one attached hydrogen (secondary N) is 1. The maximum Gasteiger partial charge on any atom is 0.226 e. The fourth-order valence-electron chi connectivity index (χ4n) is 2.87. The van der Waals surface area contributed by atoms with Gasteiger partial charge in [-0.1, -0.05) is 18.2 Å². The maximum absolute atomic E-state index is 5.31. The Hall–Kier alpha value is -3.15. The minimum Gasteiger partial charge on any atom is -0.497 e. The second-order valence-corrected chi connectivity index (χ2v) is 6.09. The zero-order valence-electron chi connectivity index (χ0n) is 14.4. The first-order valence-electron chi connectivity index (χ1n) is 8.13. The molecule has 2 aromatic heterocycles. The number of aromatic nitrogens is 4. The lowest BCUT2D eigenvalue weighted by atomic mass is 10.1. The Morgan fingerprint density at radius 2 is 1.96 bits per heavy atom. The Bertz CT molecular complexity index is 1070. The second kappa shape index (κ2) is 6.05. The monoisotopic (exact) mass is 333 g/mol. The van der Waals surface area contributed by atoms with E-state index in [-0.39, 0.29) is 0 Å². The predicted octanol–water partition coefficient (Wildman–Crippen LogP) is 3.52. The number of ether oxygens (including phenoxy) is 1. The van der Waals surface area contributed by atoms with E-state index in [0.717, 1.165) is 22.3 Å². The van der Waals surface area contributed by atoms with Crippen LogP contribution in [0.2, 0.25) is 0 Å². The molecule has 4 aromatic rings. The number of fused-ring (bicyclic) bond motifs is 3. The molecule has 0 atom stereocenters. The molecule has 6 heteroatoms.